The number of aliphatic hydroxyl groups excluding tert-OH is 1. The second kappa shape index (κ2) is 5.56. The van der Waals surface area contributed by atoms with E-state index in [-0.39, 0.29) is 6.61 Å². The molecule has 1 aromatic rings. The summed E-state index contributed by atoms with van der Waals surface area (Å²) < 4.78 is 12.0. The molecule has 2 heterocycles. The molecule has 5 heteroatoms. The molecule has 4 nitrogen and oxygen atoms in total. The predicted molar refractivity (Wildman–Crippen MR) is 84.9 cm³/mol. The minimum atomic E-state index is -0.520. The molecular formula is C16H24BNO3. The van der Waals surface area contributed by atoms with Crippen LogP contribution in [0.5, 0.6) is 0 Å². The molecule has 0 bridgehead atoms. The van der Waals surface area contributed by atoms with Crippen molar-refractivity contribution in [3.63, 3.8) is 0 Å². The average Bonchev–Trinajstić information content (AvgIpc) is 2.54. The van der Waals surface area contributed by atoms with Crippen molar-refractivity contribution >= 4 is 13.2 Å². The van der Waals surface area contributed by atoms with Gasteiger partial charge in [0.25, 0.3) is 0 Å². The summed E-state index contributed by atoms with van der Waals surface area (Å²) in [5.41, 5.74) is 2.81. The van der Waals surface area contributed by atoms with Crippen LogP contribution in [-0.4, -0.2) is 35.0 Å². The van der Waals surface area contributed by atoms with E-state index in [2.05, 4.69) is 4.98 Å². The van der Waals surface area contributed by atoms with Crippen molar-refractivity contribution in [1.29, 1.82) is 0 Å². The van der Waals surface area contributed by atoms with Crippen LogP contribution in [0.25, 0.3) is 6.08 Å². The highest BCUT2D eigenvalue weighted by molar-refractivity contribution is 6.55. The Kier molecular flexibility index (Phi) is 4.29. The molecular weight excluding hydrogens is 265 g/mol. The van der Waals surface area contributed by atoms with E-state index in [4.69, 9.17) is 9.31 Å². The summed E-state index contributed by atoms with van der Waals surface area (Å²) >= 11 is 0. The SMILES string of the molecule is Cc1cc(C=C(CO)B2OC(C)(C)C(C)(C)O2)cc(C)n1. The molecule has 1 aromatic heterocycles. The van der Waals surface area contributed by atoms with Crippen molar-refractivity contribution in [3.05, 3.63) is 34.6 Å². The molecule has 1 aliphatic heterocycles. The second-order valence-electron chi connectivity index (χ2n) is 6.65. The van der Waals surface area contributed by atoms with Gasteiger partial charge in [0.05, 0.1) is 17.8 Å². The van der Waals surface area contributed by atoms with E-state index in [9.17, 15) is 5.11 Å². The summed E-state index contributed by atoms with van der Waals surface area (Å²) in [6.45, 7) is 11.8. The van der Waals surface area contributed by atoms with Crippen LogP contribution in [0.1, 0.15) is 44.6 Å². The highest BCUT2D eigenvalue weighted by atomic mass is 16.7. The lowest BCUT2D eigenvalue weighted by molar-refractivity contribution is 0.00578. The van der Waals surface area contributed by atoms with Crippen LogP contribution in [0, 0.1) is 13.8 Å². The monoisotopic (exact) mass is 289 g/mol. The molecule has 1 N–H and O–H groups in total. The van der Waals surface area contributed by atoms with Gasteiger partial charge < -0.3 is 14.4 Å². The van der Waals surface area contributed by atoms with Gasteiger partial charge in [0.2, 0.25) is 0 Å². The zero-order chi connectivity index (χ0) is 15.8. The van der Waals surface area contributed by atoms with Gasteiger partial charge in [-0.1, -0.05) is 6.08 Å². The largest absolute Gasteiger partial charge is 0.492 e. The molecule has 21 heavy (non-hydrogen) atoms. The number of hydrogen-bond acceptors (Lipinski definition) is 4. The highest BCUT2D eigenvalue weighted by Gasteiger charge is 2.52. The maximum atomic E-state index is 9.68. The van der Waals surface area contributed by atoms with Crippen molar-refractivity contribution < 1.29 is 14.4 Å². The van der Waals surface area contributed by atoms with Crippen LogP contribution in [-0.2, 0) is 9.31 Å². The van der Waals surface area contributed by atoms with Gasteiger partial charge in [-0.2, -0.15) is 0 Å². The van der Waals surface area contributed by atoms with Gasteiger partial charge in [0.1, 0.15) is 0 Å². The van der Waals surface area contributed by atoms with E-state index >= 15 is 0 Å². The van der Waals surface area contributed by atoms with E-state index in [0.717, 1.165) is 22.4 Å². The molecule has 0 spiro atoms. The number of nitrogens with zero attached hydrogens (tertiary/aromatic N) is 1. The van der Waals surface area contributed by atoms with Gasteiger partial charge in [-0.25, -0.2) is 0 Å². The molecule has 0 amide bonds. The van der Waals surface area contributed by atoms with E-state index in [0.29, 0.717) is 0 Å². The number of rotatable bonds is 3. The number of aliphatic hydroxyl groups is 1. The van der Waals surface area contributed by atoms with E-state index < -0.39 is 18.3 Å². The van der Waals surface area contributed by atoms with Crippen LogP contribution in [0.2, 0.25) is 0 Å². The first kappa shape index (κ1) is 16.2. The summed E-state index contributed by atoms with van der Waals surface area (Å²) in [7, 11) is -0.520. The highest BCUT2D eigenvalue weighted by Crippen LogP contribution is 2.38. The molecule has 0 unspecified atom stereocenters. The lowest BCUT2D eigenvalue weighted by Crippen LogP contribution is -2.41. The first-order chi connectivity index (χ1) is 9.64. The van der Waals surface area contributed by atoms with Gasteiger partial charge in [-0.3, -0.25) is 4.98 Å². The van der Waals surface area contributed by atoms with Crippen molar-refractivity contribution in [2.45, 2.75) is 52.7 Å². The summed E-state index contributed by atoms with van der Waals surface area (Å²) in [6, 6.07) is 3.96. The van der Waals surface area contributed by atoms with Crippen LogP contribution in [0.4, 0.5) is 0 Å². The summed E-state index contributed by atoms with van der Waals surface area (Å²) in [6.07, 6.45) is 1.92. The lowest BCUT2D eigenvalue weighted by Gasteiger charge is -2.32. The Morgan fingerprint density at radius 1 is 1.14 bits per heavy atom. The third kappa shape index (κ3) is 3.36. The minimum absolute atomic E-state index is 0.1000. The fraction of sp³-hybridized carbons (Fsp3) is 0.562. The smallest absolute Gasteiger partial charge is 0.400 e. The Hall–Kier alpha value is -1.17. The summed E-state index contributed by atoms with van der Waals surface area (Å²) in [5.74, 6) is 0. The molecule has 2 rings (SSSR count). The van der Waals surface area contributed by atoms with Gasteiger partial charge in [0, 0.05) is 11.4 Å². The molecule has 1 aliphatic rings. The van der Waals surface area contributed by atoms with Crippen molar-refractivity contribution in [1.82, 2.24) is 4.98 Å². The Labute approximate surface area is 127 Å². The van der Waals surface area contributed by atoms with Crippen molar-refractivity contribution in [3.8, 4) is 0 Å². The lowest BCUT2D eigenvalue weighted by atomic mass is 9.77. The van der Waals surface area contributed by atoms with E-state index in [1.807, 2.05) is 59.8 Å². The fourth-order valence-corrected chi connectivity index (χ4v) is 2.35. The average molecular weight is 289 g/mol. The zero-order valence-electron chi connectivity index (χ0n) is 13.7. The van der Waals surface area contributed by atoms with Gasteiger partial charge >= 0.3 is 7.12 Å². The Morgan fingerprint density at radius 2 is 1.62 bits per heavy atom. The Morgan fingerprint density at radius 3 is 2.05 bits per heavy atom. The molecule has 114 valence electrons. The number of hydrogen-bond donors (Lipinski definition) is 1. The maximum Gasteiger partial charge on any atom is 0.492 e. The number of aryl methyl sites for hydroxylation is 2. The molecule has 0 atom stereocenters. The number of aromatic nitrogens is 1. The van der Waals surface area contributed by atoms with Crippen molar-refractivity contribution in [2.75, 3.05) is 6.61 Å². The quantitative estimate of drug-likeness (QED) is 0.869. The van der Waals surface area contributed by atoms with Gasteiger partial charge in [0.15, 0.2) is 0 Å². The standard InChI is InChI=1S/C16H24BNO3/c1-11-7-13(8-12(2)18-11)9-14(10-19)17-20-15(3,4)16(5,6)21-17/h7-9,19H,10H2,1-6H3. The third-order valence-electron chi connectivity index (χ3n) is 4.19. The molecule has 1 fully saturated rings. The molecule has 0 radical (unpaired) electrons. The fourth-order valence-electron chi connectivity index (χ4n) is 2.35. The predicted octanol–water partition coefficient (Wildman–Crippen LogP) is 2.71. The van der Waals surface area contributed by atoms with Crippen LogP contribution in [0.15, 0.2) is 17.6 Å². The summed E-state index contributed by atoms with van der Waals surface area (Å²) in [4.78, 5) is 4.36. The topological polar surface area (TPSA) is 51.6 Å². The van der Waals surface area contributed by atoms with Crippen molar-refractivity contribution in [2.24, 2.45) is 0 Å². The summed E-state index contributed by atoms with van der Waals surface area (Å²) in [5, 5.41) is 9.68. The zero-order valence-corrected chi connectivity index (χ0v) is 13.7. The molecule has 0 aliphatic carbocycles. The minimum Gasteiger partial charge on any atom is -0.400 e. The van der Waals surface area contributed by atoms with Crippen LogP contribution >= 0.6 is 0 Å². The molecule has 1 saturated heterocycles. The number of pyridine rings is 1. The molecule has 0 saturated carbocycles. The first-order valence-electron chi connectivity index (χ1n) is 7.27. The second-order valence-corrected chi connectivity index (χ2v) is 6.65. The van der Waals surface area contributed by atoms with Crippen LogP contribution in [0.3, 0.4) is 0 Å². The van der Waals surface area contributed by atoms with Crippen LogP contribution < -0.4 is 0 Å². The Balaban J connectivity index is 2.30. The normalized spacial score (nSPS) is 20.9. The van der Waals surface area contributed by atoms with E-state index in [1.165, 1.54) is 0 Å². The van der Waals surface area contributed by atoms with Gasteiger partial charge in [-0.15, -0.1) is 0 Å². The Bertz CT molecular complexity index is 530. The first-order valence-corrected chi connectivity index (χ1v) is 7.27. The maximum absolute atomic E-state index is 9.68. The van der Waals surface area contributed by atoms with Gasteiger partial charge in [-0.05, 0) is 64.7 Å². The van der Waals surface area contributed by atoms with E-state index in [1.54, 1.807) is 0 Å². The third-order valence-corrected chi connectivity index (χ3v) is 4.19. The molecule has 0 aromatic carbocycles.